The number of esters is 1. The third-order valence-electron chi connectivity index (χ3n) is 2.22. The van der Waals surface area contributed by atoms with Crippen LogP contribution in [0.15, 0.2) is 29.3 Å². The molecule has 1 aromatic rings. The first-order valence-electron chi connectivity index (χ1n) is 5.62. The van der Waals surface area contributed by atoms with Crippen molar-refractivity contribution in [3.63, 3.8) is 0 Å². The summed E-state index contributed by atoms with van der Waals surface area (Å²) >= 11 is 5.77. The number of carbonyl (C=O) groups is 1. The summed E-state index contributed by atoms with van der Waals surface area (Å²) in [6.45, 7) is 4.07. The van der Waals surface area contributed by atoms with E-state index in [-0.39, 0.29) is 5.97 Å². The fourth-order valence-corrected chi connectivity index (χ4v) is 1.42. The van der Waals surface area contributed by atoms with E-state index >= 15 is 0 Å². The van der Waals surface area contributed by atoms with Gasteiger partial charge >= 0.3 is 5.97 Å². The molecule has 3 nitrogen and oxygen atoms in total. The van der Waals surface area contributed by atoms with Gasteiger partial charge in [-0.2, -0.15) is 0 Å². The molecule has 0 saturated heterocycles. The number of hydrogen-bond donors (Lipinski definition) is 0. The Morgan fingerprint density at radius 3 is 2.59 bits per heavy atom. The molecule has 0 saturated carbocycles. The maximum absolute atomic E-state index is 11.5. The fraction of sp³-hybridized carbons (Fsp3) is 0.385. The van der Waals surface area contributed by atoms with Crippen molar-refractivity contribution in [1.29, 1.82) is 0 Å². The summed E-state index contributed by atoms with van der Waals surface area (Å²) < 4.78 is 4.93. The topological polar surface area (TPSA) is 38.7 Å². The first kappa shape index (κ1) is 13.7. The molecule has 92 valence electrons. The van der Waals surface area contributed by atoms with Crippen molar-refractivity contribution in [3.8, 4) is 0 Å². The van der Waals surface area contributed by atoms with Gasteiger partial charge in [-0.1, -0.05) is 30.7 Å². The van der Waals surface area contributed by atoms with Crippen molar-refractivity contribution in [2.24, 2.45) is 4.99 Å². The van der Waals surface area contributed by atoms with Crippen molar-refractivity contribution in [1.82, 2.24) is 0 Å². The van der Waals surface area contributed by atoms with E-state index in [1.54, 1.807) is 25.3 Å². The Labute approximate surface area is 106 Å². The minimum absolute atomic E-state index is 0.278. The predicted octanol–water partition coefficient (Wildman–Crippen LogP) is 3.10. The molecular formula is C13H16ClNO2. The lowest BCUT2D eigenvalue weighted by Gasteiger charge is -2.08. The molecule has 0 N–H and O–H groups in total. The summed E-state index contributed by atoms with van der Waals surface area (Å²) in [5, 5.41) is 0.680. The lowest BCUT2D eigenvalue weighted by Crippen LogP contribution is -2.20. The van der Waals surface area contributed by atoms with E-state index in [4.69, 9.17) is 16.3 Å². The Hall–Kier alpha value is -1.35. The molecule has 0 fully saturated rings. The summed E-state index contributed by atoms with van der Waals surface area (Å²) in [6, 6.07) is 6.85. The number of rotatable bonds is 5. The molecule has 0 bridgehead atoms. The monoisotopic (exact) mass is 253 g/mol. The van der Waals surface area contributed by atoms with Crippen LogP contribution in [0.2, 0.25) is 5.02 Å². The van der Waals surface area contributed by atoms with E-state index in [0.29, 0.717) is 18.1 Å². The molecule has 0 spiro atoms. The lowest BCUT2D eigenvalue weighted by atomic mass is 10.2. The minimum atomic E-state index is -0.425. The number of aliphatic imine (C=N–C) groups is 1. The Morgan fingerprint density at radius 1 is 1.41 bits per heavy atom. The molecule has 4 heteroatoms. The quantitative estimate of drug-likeness (QED) is 0.597. The van der Waals surface area contributed by atoms with Gasteiger partial charge in [0.2, 0.25) is 0 Å². The van der Waals surface area contributed by atoms with Crippen molar-refractivity contribution >= 4 is 23.8 Å². The average molecular weight is 254 g/mol. The SMILES string of the molecule is CCOC(=O)C(CC)N=Cc1ccc(Cl)cc1. The zero-order valence-corrected chi connectivity index (χ0v) is 10.8. The Kier molecular flexibility index (Phi) is 5.70. The van der Waals surface area contributed by atoms with Crippen molar-refractivity contribution in [2.75, 3.05) is 6.61 Å². The Morgan fingerprint density at radius 2 is 2.06 bits per heavy atom. The van der Waals surface area contributed by atoms with Crippen molar-refractivity contribution < 1.29 is 9.53 Å². The van der Waals surface area contributed by atoms with Crippen molar-refractivity contribution in [3.05, 3.63) is 34.9 Å². The number of benzene rings is 1. The predicted molar refractivity (Wildman–Crippen MR) is 69.8 cm³/mol. The van der Waals surface area contributed by atoms with Gasteiger partial charge in [0.25, 0.3) is 0 Å². The molecule has 0 aliphatic rings. The van der Waals surface area contributed by atoms with Gasteiger partial charge in [0.05, 0.1) is 6.61 Å². The second-order valence-corrected chi connectivity index (χ2v) is 3.94. The van der Waals surface area contributed by atoms with Crippen LogP contribution in [0.3, 0.4) is 0 Å². The molecule has 1 unspecified atom stereocenters. The molecule has 1 aromatic carbocycles. The highest BCUT2D eigenvalue weighted by Crippen LogP contribution is 2.08. The molecule has 1 atom stereocenters. The number of carbonyl (C=O) groups excluding carboxylic acids is 1. The molecule has 0 aromatic heterocycles. The van der Waals surface area contributed by atoms with Gasteiger partial charge in [-0.3, -0.25) is 4.99 Å². The average Bonchev–Trinajstić information content (AvgIpc) is 2.32. The van der Waals surface area contributed by atoms with Crippen LogP contribution in [0, 0.1) is 0 Å². The zero-order chi connectivity index (χ0) is 12.7. The standard InChI is InChI=1S/C13H16ClNO2/c1-3-12(13(16)17-4-2)15-9-10-5-7-11(14)8-6-10/h5-9,12H,3-4H2,1-2H3. The van der Waals surface area contributed by atoms with E-state index < -0.39 is 6.04 Å². The normalized spacial score (nSPS) is 12.6. The number of nitrogens with zero attached hydrogens (tertiary/aromatic N) is 1. The lowest BCUT2D eigenvalue weighted by molar-refractivity contribution is -0.144. The summed E-state index contributed by atoms with van der Waals surface area (Å²) in [7, 11) is 0. The van der Waals surface area contributed by atoms with Crippen LogP contribution in [0.25, 0.3) is 0 Å². The highest BCUT2D eigenvalue weighted by atomic mass is 35.5. The maximum atomic E-state index is 11.5. The highest BCUT2D eigenvalue weighted by molar-refractivity contribution is 6.30. The third kappa shape index (κ3) is 4.57. The second-order valence-electron chi connectivity index (χ2n) is 3.51. The maximum Gasteiger partial charge on any atom is 0.330 e. The van der Waals surface area contributed by atoms with E-state index in [0.717, 1.165) is 5.56 Å². The van der Waals surface area contributed by atoms with Gasteiger partial charge in [-0.15, -0.1) is 0 Å². The summed E-state index contributed by atoms with van der Waals surface area (Å²) in [6.07, 6.45) is 2.30. The summed E-state index contributed by atoms with van der Waals surface area (Å²) in [5.41, 5.74) is 0.914. The Balaban J connectivity index is 2.67. The van der Waals surface area contributed by atoms with Gasteiger partial charge in [-0.05, 0) is 31.0 Å². The smallest absolute Gasteiger partial charge is 0.330 e. The van der Waals surface area contributed by atoms with Crippen LogP contribution in [-0.2, 0) is 9.53 Å². The van der Waals surface area contributed by atoms with Crippen LogP contribution >= 0.6 is 11.6 Å². The number of hydrogen-bond acceptors (Lipinski definition) is 3. The summed E-state index contributed by atoms with van der Waals surface area (Å²) in [5.74, 6) is -0.278. The van der Waals surface area contributed by atoms with Gasteiger partial charge in [0, 0.05) is 11.2 Å². The molecule has 0 aliphatic carbocycles. The van der Waals surface area contributed by atoms with Gasteiger partial charge in [0.15, 0.2) is 0 Å². The first-order chi connectivity index (χ1) is 8.17. The van der Waals surface area contributed by atoms with Crippen LogP contribution < -0.4 is 0 Å². The first-order valence-corrected chi connectivity index (χ1v) is 6.00. The third-order valence-corrected chi connectivity index (χ3v) is 2.47. The van der Waals surface area contributed by atoms with E-state index in [1.165, 1.54) is 0 Å². The van der Waals surface area contributed by atoms with Crippen LogP contribution in [0.4, 0.5) is 0 Å². The van der Waals surface area contributed by atoms with Gasteiger partial charge < -0.3 is 4.74 Å². The molecule has 0 radical (unpaired) electrons. The van der Waals surface area contributed by atoms with Gasteiger partial charge in [0.1, 0.15) is 6.04 Å². The second kappa shape index (κ2) is 7.07. The molecule has 1 rings (SSSR count). The van der Waals surface area contributed by atoms with Crippen LogP contribution in [0.1, 0.15) is 25.8 Å². The Bertz CT molecular complexity index is 387. The number of ether oxygens (including phenoxy) is 1. The van der Waals surface area contributed by atoms with Gasteiger partial charge in [-0.25, -0.2) is 4.79 Å². The van der Waals surface area contributed by atoms with E-state index in [9.17, 15) is 4.79 Å². The molecular weight excluding hydrogens is 238 g/mol. The van der Waals surface area contributed by atoms with Crippen molar-refractivity contribution in [2.45, 2.75) is 26.3 Å². The highest BCUT2D eigenvalue weighted by Gasteiger charge is 2.14. The fourth-order valence-electron chi connectivity index (χ4n) is 1.30. The molecule has 0 heterocycles. The van der Waals surface area contributed by atoms with Crippen LogP contribution in [-0.4, -0.2) is 24.8 Å². The van der Waals surface area contributed by atoms with Crippen LogP contribution in [0.5, 0.6) is 0 Å². The molecule has 0 amide bonds. The molecule has 17 heavy (non-hydrogen) atoms. The number of halogens is 1. The summed E-state index contributed by atoms with van der Waals surface area (Å²) in [4.78, 5) is 15.7. The molecule has 0 aliphatic heterocycles. The van der Waals surface area contributed by atoms with E-state index in [2.05, 4.69) is 4.99 Å². The van der Waals surface area contributed by atoms with E-state index in [1.807, 2.05) is 19.1 Å². The minimum Gasteiger partial charge on any atom is -0.464 e. The largest absolute Gasteiger partial charge is 0.464 e. The zero-order valence-electron chi connectivity index (χ0n) is 10.0.